The molecule has 21 heavy (non-hydrogen) atoms. The Bertz CT molecular complexity index is 886. The summed E-state index contributed by atoms with van der Waals surface area (Å²) in [4.78, 5) is 4.84. The summed E-state index contributed by atoms with van der Waals surface area (Å²) >= 11 is 0. The Kier molecular flexibility index (Phi) is 2.58. The highest BCUT2D eigenvalue weighted by molar-refractivity contribution is 6.19. The maximum atomic E-state index is 4.84. The third kappa shape index (κ3) is 1.91. The van der Waals surface area contributed by atoms with Crippen molar-refractivity contribution >= 4 is 28.0 Å². The second-order valence-corrected chi connectivity index (χ2v) is 5.58. The lowest BCUT2D eigenvalue weighted by atomic mass is 10.0. The molecule has 0 amide bonds. The van der Waals surface area contributed by atoms with E-state index in [1.807, 2.05) is 0 Å². The maximum absolute atomic E-state index is 4.84. The molecule has 0 saturated heterocycles. The Morgan fingerprint density at radius 2 is 1.71 bits per heavy atom. The number of nitrogens with one attached hydrogen (secondary N) is 1. The topological polar surface area (TPSA) is 24.4 Å². The normalized spacial score (nSPS) is 13.0. The van der Waals surface area contributed by atoms with Crippen molar-refractivity contribution in [3.63, 3.8) is 0 Å². The standard InChI is InChI=1S/C19H16N2/c1-12-9-10-13(2)15(11-12)19-20-16-7-3-5-14-6-4-8-17(21-19)18(14)16/h3-11H,1-2H3,(H,20,21). The van der Waals surface area contributed by atoms with Crippen LogP contribution < -0.4 is 5.32 Å². The zero-order valence-corrected chi connectivity index (χ0v) is 12.1. The minimum Gasteiger partial charge on any atom is -0.339 e. The zero-order valence-electron chi connectivity index (χ0n) is 12.1. The van der Waals surface area contributed by atoms with E-state index in [4.69, 9.17) is 4.99 Å². The van der Waals surface area contributed by atoms with Crippen LogP contribution in [0.5, 0.6) is 0 Å². The molecule has 0 radical (unpaired) electrons. The number of rotatable bonds is 1. The van der Waals surface area contributed by atoms with Gasteiger partial charge in [0.05, 0.1) is 5.69 Å². The summed E-state index contributed by atoms with van der Waals surface area (Å²) in [5, 5.41) is 5.92. The third-order valence-electron chi connectivity index (χ3n) is 4.02. The van der Waals surface area contributed by atoms with Crippen molar-refractivity contribution in [3.05, 3.63) is 71.3 Å². The van der Waals surface area contributed by atoms with Crippen molar-refractivity contribution in [2.24, 2.45) is 4.99 Å². The molecular weight excluding hydrogens is 256 g/mol. The fourth-order valence-corrected chi connectivity index (χ4v) is 2.91. The van der Waals surface area contributed by atoms with Gasteiger partial charge in [-0.25, -0.2) is 4.99 Å². The summed E-state index contributed by atoms with van der Waals surface area (Å²) in [6, 6.07) is 19.1. The van der Waals surface area contributed by atoms with Gasteiger partial charge in [-0.05, 0) is 43.0 Å². The van der Waals surface area contributed by atoms with Gasteiger partial charge in [-0.1, -0.05) is 42.0 Å². The van der Waals surface area contributed by atoms with Gasteiger partial charge in [-0.3, -0.25) is 0 Å². The van der Waals surface area contributed by atoms with E-state index >= 15 is 0 Å². The molecule has 1 aliphatic heterocycles. The quantitative estimate of drug-likeness (QED) is 0.665. The lowest BCUT2D eigenvalue weighted by Gasteiger charge is -2.20. The van der Waals surface area contributed by atoms with Gasteiger partial charge in [0, 0.05) is 16.6 Å². The van der Waals surface area contributed by atoms with Crippen molar-refractivity contribution in [2.75, 3.05) is 5.32 Å². The van der Waals surface area contributed by atoms with Gasteiger partial charge in [0.2, 0.25) is 0 Å². The van der Waals surface area contributed by atoms with Crippen LogP contribution in [0.15, 0.2) is 59.6 Å². The molecule has 0 atom stereocenters. The molecule has 3 aromatic rings. The summed E-state index contributed by atoms with van der Waals surface area (Å²) < 4.78 is 0. The molecule has 0 spiro atoms. The molecule has 0 aromatic heterocycles. The van der Waals surface area contributed by atoms with Crippen LogP contribution in [-0.4, -0.2) is 5.84 Å². The molecule has 0 aliphatic carbocycles. The van der Waals surface area contributed by atoms with E-state index in [-0.39, 0.29) is 0 Å². The van der Waals surface area contributed by atoms with Gasteiger partial charge in [0.15, 0.2) is 0 Å². The van der Waals surface area contributed by atoms with Gasteiger partial charge in [0.25, 0.3) is 0 Å². The molecular formula is C19H16N2. The second-order valence-electron chi connectivity index (χ2n) is 5.58. The predicted octanol–water partition coefficient (Wildman–Crippen LogP) is 4.96. The number of nitrogens with zero attached hydrogens (tertiary/aromatic N) is 1. The minimum atomic E-state index is 0.933. The molecule has 0 fully saturated rings. The Morgan fingerprint density at radius 1 is 0.905 bits per heavy atom. The molecule has 4 rings (SSSR count). The van der Waals surface area contributed by atoms with Crippen LogP contribution in [0.2, 0.25) is 0 Å². The van der Waals surface area contributed by atoms with Crippen LogP contribution >= 0.6 is 0 Å². The smallest absolute Gasteiger partial charge is 0.138 e. The second kappa shape index (κ2) is 4.45. The number of aliphatic imine (C=N–C) groups is 1. The monoisotopic (exact) mass is 272 g/mol. The van der Waals surface area contributed by atoms with Crippen molar-refractivity contribution in [1.82, 2.24) is 0 Å². The Hall–Kier alpha value is -2.61. The highest BCUT2D eigenvalue weighted by Crippen LogP contribution is 2.36. The first-order valence-corrected chi connectivity index (χ1v) is 7.17. The summed E-state index contributed by atoms with van der Waals surface area (Å²) in [5.41, 5.74) is 5.82. The molecule has 1 heterocycles. The summed E-state index contributed by atoms with van der Waals surface area (Å²) in [5.74, 6) is 0.933. The van der Waals surface area contributed by atoms with Crippen LogP contribution in [0.4, 0.5) is 11.4 Å². The number of aryl methyl sites for hydroxylation is 2. The Balaban J connectivity index is 1.96. The van der Waals surface area contributed by atoms with Crippen LogP contribution in [0.25, 0.3) is 10.8 Å². The maximum Gasteiger partial charge on any atom is 0.138 e. The first-order valence-electron chi connectivity index (χ1n) is 7.17. The fraction of sp³-hybridized carbons (Fsp3) is 0.105. The molecule has 0 bridgehead atoms. The zero-order chi connectivity index (χ0) is 14.4. The van der Waals surface area contributed by atoms with Crippen LogP contribution in [0, 0.1) is 13.8 Å². The van der Waals surface area contributed by atoms with E-state index in [1.54, 1.807) is 0 Å². The number of anilines is 1. The van der Waals surface area contributed by atoms with E-state index in [2.05, 4.69) is 73.8 Å². The van der Waals surface area contributed by atoms with Crippen LogP contribution in [0.1, 0.15) is 16.7 Å². The summed E-state index contributed by atoms with van der Waals surface area (Å²) in [7, 11) is 0. The molecule has 0 unspecified atom stereocenters. The van der Waals surface area contributed by atoms with Gasteiger partial charge < -0.3 is 5.32 Å². The Morgan fingerprint density at radius 3 is 2.57 bits per heavy atom. The fourth-order valence-electron chi connectivity index (χ4n) is 2.91. The highest BCUT2D eigenvalue weighted by atomic mass is 15.0. The summed E-state index contributed by atoms with van der Waals surface area (Å²) in [6.45, 7) is 4.24. The van der Waals surface area contributed by atoms with Crippen LogP contribution in [-0.2, 0) is 0 Å². The molecule has 2 nitrogen and oxygen atoms in total. The van der Waals surface area contributed by atoms with Gasteiger partial charge in [0.1, 0.15) is 5.84 Å². The predicted molar refractivity (Wildman–Crippen MR) is 89.7 cm³/mol. The number of amidine groups is 1. The van der Waals surface area contributed by atoms with Crippen molar-refractivity contribution < 1.29 is 0 Å². The molecule has 102 valence electrons. The first-order chi connectivity index (χ1) is 10.2. The Labute approximate surface area is 124 Å². The molecule has 1 aliphatic rings. The van der Waals surface area contributed by atoms with Gasteiger partial charge in [-0.15, -0.1) is 0 Å². The average Bonchev–Trinajstić information content (AvgIpc) is 2.50. The number of benzene rings is 3. The molecule has 0 saturated carbocycles. The average molecular weight is 272 g/mol. The van der Waals surface area contributed by atoms with Crippen molar-refractivity contribution in [2.45, 2.75) is 13.8 Å². The lowest BCUT2D eigenvalue weighted by molar-refractivity contribution is 1.35. The number of hydrogen-bond acceptors (Lipinski definition) is 2. The van der Waals surface area contributed by atoms with Crippen LogP contribution in [0.3, 0.4) is 0 Å². The SMILES string of the molecule is Cc1ccc(C)c(C2=Nc3cccc4cccc(c34)N2)c1. The van der Waals surface area contributed by atoms with E-state index in [9.17, 15) is 0 Å². The van der Waals surface area contributed by atoms with E-state index < -0.39 is 0 Å². The lowest BCUT2D eigenvalue weighted by Crippen LogP contribution is -2.17. The third-order valence-corrected chi connectivity index (χ3v) is 4.02. The van der Waals surface area contributed by atoms with E-state index in [0.717, 1.165) is 17.2 Å². The van der Waals surface area contributed by atoms with Gasteiger partial charge >= 0.3 is 0 Å². The number of hydrogen-bond donors (Lipinski definition) is 1. The van der Waals surface area contributed by atoms with E-state index in [1.165, 1.54) is 27.5 Å². The van der Waals surface area contributed by atoms with Crippen molar-refractivity contribution in [3.8, 4) is 0 Å². The summed E-state index contributed by atoms with van der Waals surface area (Å²) in [6.07, 6.45) is 0. The highest BCUT2D eigenvalue weighted by Gasteiger charge is 2.16. The van der Waals surface area contributed by atoms with Crippen molar-refractivity contribution in [1.29, 1.82) is 0 Å². The molecule has 2 heteroatoms. The molecule has 3 aromatic carbocycles. The molecule has 1 N–H and O–H groups in total. The minimum absolute atomic E-state index is 0.933. The van der Waals surface area contributed by atoms with E-state index in [0.29, 0.717) is 0 Å². The largest absolute Gasteiger partial charge is 0.339 e. The first kappa shape index (κ1) is 12.2. The van der Waals surface area contributed by atoms with Gasteiger partial charge in [-0.2, -0.15) is 0 Å².